The number of nitriles is 1. The first-order valence-corrected chi connectivity index (χ1v) is 15.0. The molecule has 0 aliphatic carbocycles. The fourth-order valence-electron chi connectivity index (χ4n) is 4.29. The molecule has 1 heterocycles. The molecule has 0 fully saturated rings. The molecule has 42 heavy (non-hydrogen) atoms. The van der Waals surface area contributed by atoms with Crippen LogP contribution in [-0.2, 0) is 9.59 Å². The molecule has 5 nitrogen and oxygen atoms in total. The number of hydrogen-bond acceptors (Lipinski definition) is 5. The Bertz CT molecular complexity index is 1760. The van der Waals surface area contributed by atoms with Gasteiger partial charge < -0.3 is 10.6 Å². The van der Waals surface area contributed by atoms with E-state index < -0.39 is 5.25 Å². The maximum atomic E-state index is 13.7. The molecule has 0 aliphatic heterocycles. The van der Waals surface area contributed by atoms with Crippen molar-refractivity contribution in [3.63, 3.8) is 0 Å². The van der Waals surface area contributed by atoms with Gasteiger partial charge in [-0.1, -0.05) is 96.6 Å². The highest BCUT2D eigenvalue weighted by molar-refractivity contribution is 8.00. The second-order valence-corrected chi connectivity index (χ2v) is 11.5. The number of aryl methyl sites for hydroxylation is 1. The van der Waals surface area contributed by atoms with Crippen LogP contribution in [0.1, 0.15) is 27.5 Å². The predicted molar refractivity (Wildman–Crippen MR) is 173 cm³/mol. The van der Waals surface area contributed by atoms with E-state index >= 15 is 0 Å². The third-order valence-corrected chi connectivity index (χ3v) is 8.57. The lowest BCUT2D eigenvalue weighted by Gasteiger charge is -2.17. The molecule has 5 rings (SSSR count). The van der Waals surface area contributed by atoms with Crippen molar-refractivity contribution in [1.29, 1.82) is 5.26 Å². The summed E-state index contributed by atoms with van der Waals surface area (Å²) in [6, 6.07) is 36.8. The van der Waals surface area contributed by atoms with Crippen LogP contribution in [0, 0.1) is 18.3 Å². The van der Waals surface area contributed by atoms with Gasteiger partial charge in [-0.2, -0.15) is 5.26 Å². The molecule has 206 valence electrons. The summed E-state index contributed by atoms with van der Waals surface area (Å²) in [6.07, 6.45) is 3.25. The molecule has 1 unspecified atom stereocenters. The predicted octanol–water partition coefficient (Wildman–Crippen LogP) is 8.72. The van der Waals surface area contributed by atoms with E-state index in [0.29, 0.717) is 16.3 Å². The summed E-state index contributed by atoms with van der Waals surface area (Å²) in [7, 11) is 0. The number of carbonyl (C=O) groups is 2. The molecule has 5 aromatic rings. The fourth-order valence-corrected chi connectivity index (χ4v) is 6.29. The number of thiophene rings is 1. The molecule has 0 spiro atoms. The summed E-state index contributed by atoms with van der Waals surface area (Å²) in [6.45, 7) is 2.02. The summed E-state index contributed by atoms with van der Waals surface area (Å²) in [4.78, 5) is 27.1. The Morgan fingerprint density at radius 3 is 2.31 bits per heavy atom. The van der Waals surface area contributed by atoms with Crippen LogP contribution in [-0.4, -0.2) is 11.8 Å². The van der Waals surface area contributed by atoms with Crippen molar-refractivity contribution in [3.05, 3.63) is 143 Å². The van der Waals surface area contributed by atoms with E-state index in [1.807, 2.05) is 121 Å². The number of nitrogens with zero attached hydrogens (tertiary/aromatic N) is 1. The highest BCUT2D eigenvalue weighted by Crippen LogP contribution is 2.40. The molecular weight excluding hydrogens is 559 g/mol. The number of anilines is 2. The average molecular weight is 586 g/mol. The van der Waals surface area contributed by atoms with E-state index in [1.54, 1.807) is 6.08 Å². The minimum Gasteiger partial charge on any atom is -0.322 e. The van der Waals surface area contributed by atoms with E-state index in [2.05, 4.69) is 16.7 Å². The Morgan fingerprint density at radius 2 is 1.60 bits per heavy atom. The number of benzene rings is 4. The number of hydrogen-bond donors (Lipinski definition) is 2. The first kappa shape index (κ1) is 28.6. The zero-order valence-electron chi connectivity index (χ0n) is 22.8. The Kier molecular flexibility index (Phi) is 9.30. The number of carbonyl (C=O) groups excluding carboxylic acids is 2. The van der Waals surface area contributed by atoms with Crippen LogP contribution in [0.25, 0.3) is 17.2 Å². The normalized spacial score (nSPS) is 11.5. The van der Waals surface area contributed by atoms with E-state index in [-0.39, 0.29) is 11.8 Å². The van der Waals surface area contributed by atoms with Gasteiger partial charge in [-0.15, -0.1) is 23.1 Å². The van der Waals surface area contributed by atoms with Crippen LogP contribution in [0.4, 0.5) is 10.7 Å². The highest BCUT2D eigenvalue weighted by Gasteiger charge is 2.25. The third-order valence-electron chi connectivity index (χ3n) is 6.42. The van der Waals surface area contributed by atoms with Crippen LogP contribution >= 0.6 is 23.1 Å². The molecule has 2 amide bonds. The van der Waals surface area contributed by atoms with Gasteiger partial charge in [0, 0.05) is 27.6 Å². The van der Waals surface area contributed by atoms with Gasteiger partial charge in [0.2, 0.25) is 11.8 Å². The van der Waals surface area contributed by atoms with E-state index in [1.165, 1.54) is 29.2 Å². The smallest absolute Gasteiger partial charge is 0.248 e. The lowest BCUT2D eigenvalue weighted by molar-refractivity contribution is -0.116. The Balaban J connectivity index is 1.34. The molecule has 0 bridgehead atoms. The van der Waals surface area contributed by atoms with Crippen LogP contribution in [0.5, 0.6) is 0 Å². The lowest BCUT2D eigenvalue weighted by Crippen LogP contribution is -2.19. The standard InChI is InChI=1S/C35H27N3O2S2/c1-24-15-18-26(19-16-24)31-23-41-35(30(31)22-36)38-34(40)33(27-11-6-3-7-12-27)42-29-14-8-13-28(21-29)37-32(39)20-17-25-9-4-2-5-10-25/h2-21,23,33H,1H3,(H,37,39)(H,38,40)/b20-17+. The van der Waals surface area contributed by atoms with Crippen molar-refractivity contribution in [2.24, 2.45) is 0 Å². The van der Waals surface area contributed by atoms with Crippen molar-refractivity contribution in [1.82, 2.24) is 0 Å². The Hall–Kier alpha value is -4.90. The zero-order chi connectivity index (χ0) is 29.3. The van der Waals surface area contributed by atoms with Gasteiger partial charge in [0.25, 0.3) is 0 Å². The molecule has 4 aromatic carbocycles. The van der Waals surface area contributed by atoms with E-state index in [0.717, 1.165) is 32.7 Å². The number of amides is 2. The summed E-state index contributed by atoms with van der Waals surface area (Å²) >= 11 is 2.72. The molecule has 0 aliphatic rings. The highest BCUT2D eigenvalue weighted by atomic mass is 32.2. The average Bonchev–Trinajstić information content (AvgIpc) is 3.42. The van der Waals surface area contributed by atoms with Crippen molar-refractivity contribution < 1.29 is 9.59 Å². The van der Waals surface area contributed by atoms with Crippen LogP contribution in [0.2, 0.25) is 0 Å². The van der Waals surface area contributed by atoms with Crippen molar-refractivity contribution in [2.45, 2.75) is 17.1 Å². The molecule has 0 saturated heterocycles. The number of nitrogens with one attached hydrogen (secondary N) is 2. The monoisotopic (exact) mass is 585 g/mol. The first-order chi connectivity index (χ1) is 20.5. The number of thioether (sulfide) groups is 1. The van der Waals surface area contributed by atoms with Gasteiger partial charge in [-0.05, 0) is 47.9 Å². The van der Waals surface area contributed by atoms with E-state index in [4.69, 9.17) is 0 Å². The van der Waals surface area contributed by atoms with Gasteiger partial charge >= 0.3 is 0 Å². The first-order valence-electron chi connectivity index (χ1n) is 13.3. The SMILES string of the molecule is Cc1ccc(-c2csc(NC(=O)C(Sc3cccc(NC(=O)/C=C/c4ccccc4)c3)c3ccccc3)c2C#N)cc1. The van der Waals surface area contributed by atoms with Crippen LogP contribution in [0.3, 0.4) is 0 Å². The van der Waals surface area contributed by atoms with Gasteiger partial charge in [0.1, 0.15) is 16.3 Å². The Labute approximate surface area is 253 Å². The summed E-state index contributed by atoms with van der Waals surface area (Å²) in [5, 5.41) is 17.7. The molecular formula is C35H27N3O2S2. The quantitative estimate of drug-likeness (QED) is 0.134. The second kappa shape index (κ2) is 13.6. The molecule has 1 atom stereocenters. The minimum atomic E-state index is -0.591. The summed E-state index contributed by atoms with van der Waals surface area (Å²) in [5.41, 5.74) is 5.70. The molecule has 7 heteroatoms. The topological polar surface area (TPSA) is 82.0 Å². The Morgan fingerprint density at radius 1 is 0.881 bits per heavy atom. The van der Waals surface area contributed by atoms with Gasteiger partial charge in [0.15, 0.2) is 0 Å². The molecule has 1 aromatic heterocycles. The van der Waals surface area contributed by atoms with Crippen molar-refractivity contribution in [2.75, 3.05) is 10.6 Å². The molecule has 0 saturated carbocycles. The van der Waals surface area contributed by atoms with Crippen LogP contribution in [0.15, 0.2) is 126 Å². The number of rotatable bonds is 9. The molecule has 0 radical (unpaired) electrons. The maximum Gasteiger partial charge on any atom is 0.248 e. The van der Waals surface area contributed by atoms with E-state index in [9.17, 15) is 14.9 Å². The van der Waals surface area contributed by atoms with Gasteiger partial charge in [-0.3, -0.25) is 9.59 Å². The third kappa shape index (κ3) is 7.24. The second-order valence-electron chi connectivity index (χ2n) is 9.49. The molecule has 2 N–H and O–H groups in total. The van der Waals surface area contributed by atoms with Gasteiger partial charge in [-0.25, -0.2) is 0 Å². The van der Waals surface area contributed by atoms with Crippen LogP contribution < -0.4 is 10.6 Å². The maximum absolute atomic E-state index is 13.7. The minimum absolute atomic E-state index is 0.236. The van der Waals surface area contributed by atoms with Gasteiger partial charge in [0.05, 0.1) is 5.56 Å². The zero-order valence-corrected chi connectivity index (χ0v) is 24.4. The lowest BCUT2D eigenvalue weighted by atomic mass is 10.0. The van der Waals surface area contributed by atoms with Crippen molar-refractivity contribution in [3.8, 4) is 17.2 Å². The summed E-state index contributed by atoms with van der Waals surface area (Å²) < 4.78 is 0. The largest absolute Gasteiger partial charge is 0.322 e. The fraction of sp³-hybridized carbons (Fsp3) is 0.0571. The van der Waals surface area contributed by atoms with Crippen molar-refractivity contribution >= 4 is 51.7 Å². The summed E-state index contributed by atoms with van der Waals surface area (Å²) in [5.74, 6) is -0.482.